The molecular formula is C17H14FNO2. The highest BCUT2D eigenvalue weighted by Crippen LogP contribution is 2.33. The van der Waals surface area contributed by atoms with Crippen LogP contribution in [-0.2, 0) is 13.0 Å². The van der Waals surface area contributed by atoms with E-state index in [1.165, 1.54) is 6.07 Å². The lowest BCUT2D eigenvalue weighted by Gasteiger charge is -2.10. The molecule has 0 saturated carbocycles. The van der Waals surface area contributed by atoms with Crippen molar-refractivity contribution in [1.29, 1.82) is 5.26 Å². The number of aliphatic hydroxyl groups excluding tert-OH is 1. The first kappa shape index (κ1) is 13.6. The van der Waals surface area contributed by atoms with Gasteiger partial charge < -0.3 is 9.84 Å². The number of hydrogen-bond donors (Lipinski definition) is 1. The lowest BCUT2D eigenvalue weighted by atomic mass is 10.1. The number of nitriles is 1. The van der Waals surface area contributed by atoms with Gasteiger partial charge in [0.2, 0.25) is 0 Å². The van der Waals surface area contributed by atoms with Crippen LogP contribution in [0.2, 0.25) is 0 Å². The molecule has 3 nitrogen and oxygen atoms in total. The van der Waals surface area contributed by atoms with E-state index in [9.17, 15) is 9.50 Å². The van der Waals surface area contributed by atoms with Crippen molar-refractivity contribution in [2.75, 3.05) is 0 Å². The van der Waals surface area contributed by atoms with Crippen LogP contribution in [0.1, 0.15) is 34.8 Å². The molecule has 0 bridgehead atoms. The maximum atomic E-state index is 13.9. The SMILES string of the molecule is N#Cc1cccc(COc2ccc3c(c2)CCC3O)c1F. The van der Waals surface area contributed by atoms with Gasteiger partial charge in [-0.1, -0.05) is 18.2 Å². The first-order chi connectivity index (χ1) is 10.2. The van der Waals surface area contributed by atoms with Crippen LogP contribution >= 0.6 is 0 Å². The molecule has 0 amide bonds. The second-order valence-corrected chi connectivity index (χ2v) is 5.09. The van der Waals surface area contributed by atoms with Crippen molar-refractivity contribution in [3.63, 3.8) is 0 Å². The number of halogens is 1. The summed E-state index contributed by atoms with van der Waals surface area (Å²) in [6, 6.07) is 12.0. The maximum absolute atomic E-state index is 13.9. The molecule has 1 aliphatic carbocycles. The smallest absolute Gasteiger partial charge is 0.147 e. The molecule has 0 fully saturated rings. The van der Waals surface area contributed by atoms with E-state index in [1.54, 1.807) is 18.2 Å². The number of fused-ring (bicyclic) bond motifs is 1. The first-order valence-corrected chi connectivity index (χ1v) is 6.80. The Kier molecular flexibility index (Phi) is 3.59. The van der Waals surface area contributed by atoms with Gasteiger partial charge in [-0.25, -0.2) is 4.39 Å². The van der Waals surface area contributed by atoms with Crippen molar-refractivity contribution < 1.29 is 14.2 Å². The van der Waals surface area contributed by atoms with Gasteiger partial charge >= 0.3 is 0 Å². The highest BCUT2D eigenvalue weighted by atomic mass is 19.1. The number of benzene rings is 2. The Hall–Kier alpha value is -2.38. The lowest BCUT2D eigenvalue weighted by Crippen LogP contribution is -2.01. The van der Waals surface area contributed by atoms with E-state index in [0.717, 1.165) is 24.0 Å². The number of hydrogen-bond acceptors (Lipinski definition) is 3. The van der Waals surface area contributed by atoms with E-state index in [4.69, 9.17) is 10.00 Å². The van der Waals surface area contributed by atoms with Crippen LogP contribution in [-0.4, -0.2) is 5.11 Å². The lowest BCUT2D eigenvalue weighted by molar-refractivity contribution is 0.180. The molecule has 106 valence electrons. The Morgan fingerprint density at radius 3 is 3.00 bits per heavy atom. The Labute approximate surface area is 122 Å². The van der Waals surface area contributed by atoms with Gasteiger partial charge in [0.05, 0.1) is 11.7 Å². The van der Waals surface area contributed by atoms with E-state index in [1.807, 2.05) is 18.2 Å². The molecule has 1 aliphatic rings. The molecule has 2 aromatic carbocycles. The second kappa shape index (κ2) is 5.55. The van der Waals surface area contributed by atoms with E-state index in [2.05, 4.69) is 0 Å². The number of ether oxygens (including phenoxy) is 1. The van der Waals surface area contributed by atoms with Crippen LogP contribution in [0.25, 0.3) is 0 Å². The number of rotatable bonds is 3. The third-order valence-electron chi connectivity index (χ3n) is 3.75. The summed E-state index contributed by atoms with van der Waals surface area (Å²) in [5.74, 6) is 0.112. The minimum absolute atomic E-state index is 0.0215. The summed E-state index contributed by atoms with van der Waals surface area (Å²) in [6.07, 6.45) is 1.17. The Morgan fingerprint density at radius 2 is 2.19 bits per heavy atom. The third-order valence-corrected chi connectivity index (χ3v) is 3.75. The molecule has 0 spiro atoms. The zero-order valence-electron chi connectivity index (χ0n) is 11.3. The van der Waals surface area contributed by atoms with Gasteiger partial charge in [-0.2, -0.15) is 5.26 Å². The molecule has 21 heavy (non-hydrogen) atoms. The third kappa shape index (κ3) is 2.61. The van der Waals surface area contributed by atoms with Gasteiger partial charge in [0.25, 0.3) is 0 Å². The summed E-state index contributed by atoms with van der Waals surface area (Å²) in [6.45, 7) is 0.0721. The zero-order valence-corrected chi connectivity index (χ0v) is 11.3. The van der Waals surface area contributed by atoms with Crippen LogP contribution < -0.4 is 4.74 Å². The molecule has 1 unspecified atom stereocenters. The fourth-order valence-corrected chi connectivity index (χ4v) is 2.60. The van der Waals surface area contributed by atoms with Crippen LogP contribution in [0.15, 0.2) is 36.4 Å². The molecule has 3 rings (SSSR count). The van der Waals surface area contributed by atoms with Gasteiger partial charge in [0.15, 0.2) is 0 Å². The molecule has 0 saturated heterocycles. The molecule has 0 aromatic heterocycles. The topological polar surface area (TPSA) is 53.2 Å². The van der Waals surface area contributed by atoms with E-state index in [0.29, 0.717) is 11.3 Å². The molecule has 2 aromatic rings. The average Bonchev–Trinajstić information content (AvgIpc) is 2.87. The van der Waals surface area contributed by atoms with Crippen LogP contribution in [0, 0.1) is 17.1 Å². The normalized spacial score (nSPS) is 16.3. The predicted molar refractivity (Wildman–Crippen MR) is 75.2 cm³/mol. The molecule has 0 heterocycles. The summed E-state index contributed by atoms with van der Waals surface area (Å²) in [7, 11) is 0. The maximum Gasteiger partial charge on any atom is 0.147 e. The number of aliphatic hydroxyl groups is 1. The summed E-state index contributed by atoms with van der Waals surface area (Å²) in [5.41, 5.74) is 2.40. The molecule has 0 aliphatic heterocycles. The molecular weight excluding hydrogens is 269 g/mol. The van der Waals surface area contributed by atoms with E-state index in [-0.39, 0.29) is 18.3 Å². The minimum atomic E-state index is -0.531. The van der Waals surface area contributed by atoms with Gasteiger partial charge in [-0.05, 0) is 42.2 Å². The first-order valence-electron chi connectivity index (χ1n) is 6.80. The monoisotopic (exact) mass is 283 g/mol. The Morgan fingerprint density at radius 1 is 1.33 bits per heavy atom. The number of aryl methyl sites for hydroxylation is 1. The van der Waals surface area contributed by atoms with Gasteiger partial charge in [0, 0.05) is 5.56 Å². The Balaban J connectivity index is 1.76. The highest BCUT2D eigenvalue weighted by Gasteiger charge is 2.20. The molecule has 1 atom stereocenters. The zero-order chi connectivity index (χ0) is 14.8. The van der Waals surface area contributed by atoms with Crippen molar-refractivity contribution in [2.45, 2.75) is 25.6 Å². The standard InChI is InChI=1S/C17H14FNO2/c18-17-12(9-19)2-1-3-13(17)10-21-14-5-6-15-11(8-14)4-7-16(15)20/h1-3,5-6,8,16,20H,4,7,10H2. The van der Waals surface area contributed by atoms with Crippen molar-refractivity contribution in [3.8, 4) is 11.8 Å². The quantitative estimate of drug-likeness (QED) is 0.940. The van der Waals surface area contributed by atoms with Crippen molar-refractivity contribution >= 4 is 0 Å². The van der Waals surface area contributed by atoms with Crippen LogP contribution in [0.4, 0.5) is 4.39 Å². The van der Waals surface area contributed by atoms with Gasteiger partial charge in [0.1, 0.15) is 24.2 Å². The fourth-order valence-electron chi connectivity index (χ4n) is 2.60. The summed E-state index contributed by atoms with van der Waals surface area (Å²) >= 11 is 0. The highest BCUT2D eigenvalue weighted by molar-refractivity contribution is 5.40. The molecule has 0 radical (unpaired) electrons. The minimum Gasteiger partial charge on any atom is -0.489 e. The molecule has 4 heteroatoms. The second-order valence-electron chi connectivity index (χ2n) is 5.09. The largest absolute Gasteiger partial charge is 0.489 e. The predicted octanol–water partition coefficient (Wildman–Crippen LogP) is 3.26. The summed E-state index contributed by atoms with van der Waals surface area (Å²) in [4.78, 5) is 0. The van der Waals surface area contributed by atoms with Crippen molar-refractivity contribution in [1.82, 2.24) is 0 Å². The molecule has 1 N–H and O–H groups in total. The number of nitrogens with zero attached hydrogens (tertiary/aromatic N) is 1. The van der Waals surface area contributed by atoms with Crippen molar-refractivity contribution in [2.24, 2.45) is 0 Å². The fraction of sp³-hybridized carbons (Fsp3) is 0.235. The average molecular weight is 283 g/mol. The Bertz CT molecular complexity index is 721. The summed E-state index contributed by atoms with van der Waals surface area (Å²) < 4.78 is 19.5. The van der Waals surface area contributed by atoms with Crippen LogP contribution in [0.5, 0.6) is 5.75 Å². The van der Waals surface area contributed by atoms with Gasteiger partial charge in [-0.3, -0.25) is 0 Å². The van der Waals surface area contributed by atoms with Crippen LogP contribution in [0.3, 0.4) is 0 Å². The van der Waals surface area contributed by atoms with Crippen molar-refractivity contribution in [3.05, 3.63) is 64.5 Å². The van der Waals surface area contributed by atoms with E-state index >= 15 is 0 Å². The van der Waals surface area contributed by atoms with E-state index < -0.39 is 5.82 Å². The van der Waals surface area contributed by atoms with Gasteiger partial charge in [-0.15, -0.1) is 0 Å². The summed E-state index contributed by atoms with van der Waals surface area (Å²) in [5, 5.41) is 18.6.